The van der Waals surface area contributed by atoms with E-state index in [2.05, 4.69) is 26.1 Å². The highest BCUT2D eigenvalue weighted by Gasteiger charge is 2.34. The molecule has 1 N–H and O–H groups in total. The third kappa shape index (κ3) is 5.31. The molecule has 0 aromatic carbocycles. The minimum absolute atomic E-state index is 0.169. The normalized spacial score (nSPS) is 21.4. The average Bonchev–Trinajstić information content (AvgIpc) is 2.76. The van der Waals surface area contributed by atoms with Crippen LogP contribution in [0.25, 0.3) is 0 Å². The van der Waals surface area contributed by atoms with Gasteiger partial charge in [-0.2, -0.15) is 0 Å². The zero-order valence-corrected chi connectivity index (χ0v) is 14.0. The van der Waals surface area contributed by atoms with Gasteiger partial charge < -0.3 is 15.0 Å². The van der Waals surface area contributed by atoms with Crippen molar-refractivity contribution in [2.24, 2.45) is 11.8 Å². The topological polar surface area (TPSA) is 41.6 Å². The summed E-state index contributed by atoms with van der Waals surface area (Å²) in [4.78, 5) is 14.0. The maximum absolute atomic E-state index is 12.1. The van der Waals surface area contributed by atoms with Gasteiger partial charge in [-0.3, -0.25) is 0 Å². The van der Waals surface area contributed by atoms with E-state index in [1.807, 2.05) is 25.7 Å². The monoisotopic (exact) mass is 284 g/mol. The molecule has 0 spiro atoms. The first-order chi connectivity index (χ1) is 9.24. The molecule has 1 amide bonds. The molecule has 1 aliphatic rings. The second kappa shape index (κ2) is 7.30. The summed E-state index contributed by atoms with van der Waals surface area (Å²) in [7, 11) is 0. The van der Waals surface area contributed by atoms with E-state index in [1.54, 1.807) is 0 Å². The molecule has 118 valence electrons. The number of amides is 1. The van der Waals surface area contributed by atoms with Crippen molar-refractivity contribution in [3.05, 3.63) is 0 Å². The quantitative estimate of drug-likeness (QED) is 0.842. The predicted octanol–water partition coefficient (Wildman–Crippen LogP) is 3.27. The summed E-state index contributed by atoms with van der Waals surface area (Å²) in [6.45, 7) is 15.1. The second-order valence-corrected chi connectivity index (χ2v) is 7.20. The van der Waals surface area contributed by atoms with Crippen LogP contribution in [0.2, 0.25) is 0 Å². The first kappa shape index (κ1) is 17.3. The number of nitrogens with one attached hydrogen (secondary N) is 1. The van der Waals surface area contributed by atoms with E-state index in [4.69, 9.17) is 4.74 Å². The molecule has 0 aliphatic carbocycles. The minimum Gasteiger partial charge on any atom is -0.444 e. The van der Waals surface area contributed by atoms with Gasteiger partial charge in [0.1, 0.15) is 5.60 Å². The Balaban J connectivity index is 2.54. The summed E-state index contributed by atoms with van der Waals surface area (Å²) < 4.78 is 5.46. The number of hydrogen-bond acceptors (Lipinski definition) is 3. The van der Waals surface area contributed by atoms with Gasteiger partial charge in [-0.1, -0.05) is 20.8 Å². The molecule has 4 nitrogen and oxygen atoms in total. The van der Waals surface area contributed by atoms with Crippen molar-refractivity contribution in [3.63, 3.8) is 0 Å². The van der Waals surface area contributed by atoms with Crippen LogP contribution in [-0.2, 0) is 4.74 Å². The van der Waals surface area contributed by atoms with Crippen molar-refractivity contribution in [1.29, 1.82) is 0 Å². The van der Waals surface area contributed by atoms with E-state index < -0.39 is 5.60 Å². The van der Waals surface area contributed by atoms with Gasteiger partial charge in [0.15, 0.2) is 0 Å². The van der Waals surface area contributed by atoms with E-state index in [0.717, 1.165) is 32.5 Å². The van der Waals surface area contributed by atoms with Crippen LogP contribution in [0, 0.1) is 11.8 Å². The van der Waals surface area contributed by atoms with Gasteiger partial charge in [-0.15, -0.1) is 0 Å². The Bertz CT molecular complexity index is 310. The predicted molar refractivity (Wildman–Crippen MR) is 82.8 cm³/mol. The van der Waals surface area contributed by atoms with Crippen molar-refractivity contribution >= 4 is 6.09 Å². The highest BCUT2D eigenvalue weighted by Crippen LogP contribution is 2.25. The van der Waals surface area contributed by atoms with Crippen molar-refractivity contribution < 1.29 is 9.53 Å². The van der Waals surface area contributed by atoms with Gasteiger partial charge in [-0.05, 0) is 52.0 Å². The average molecular weight is 284 g/mol. The summed E-state index contributed by atoms with van der Waals surface area (Å²) in [5.74, 6) is 1.12. The van der Waals surface area contributed by atoms with Gasteiger partial charge in [0, 0.05) is 19.1 Å². The molecular formula is C16H32N2O2. The van der Waals surface area contributed by atoms with Crippen LogP contribution in [0.1, 0.15) is 54.4 Å². The van der Waals surface area contributed by atoms with Gasteiger partial charge in [0.25, 0.3) is 0 Å². The lowest BCUT2D eigenvalue weighted by Gasteiger charge is -2.29. The second-order valence-electron chi connectivity index (χ2n) is 7.20. The molecule has 0 saturated carbocycles. The third-order valence-corrected chi connectivity index (χ3v) is 3.73. The fourth-order valence-electron chi connectivity index (χ4n) is 2.83. The number of nitrogens with zero attached hydrogens (tertiary/aromatic N) is 1. The van der Waals surface area contributed by atoms with Crippen molar-refractivity contribution in [2.75, 3.05) is 19.6 Å². The van der Waals surface area contributed by atoms with E-state index >= 15 is 0 Å². The lowest BCUT2D eigenvalue weighted by Crippen LogP contribution is -2.43. The van der Waals surface area contributed by atoms with Gasteiger partial charge in [-0.25, -0.2) is 4.79 Å². The fourth-order valence-corrected chi connectivity index (χ4v) is 2.83. The Morgan fingerprint density at radius 3 is 2.55 bits per heavy atom. The van der Waals surface area contributed by atoms with E-state index in [0.29, 0.717) is 17.9 Å². The summed E-state index contributed by atoms with van der Waals surface area (Å²) in [5.41, 5.74) is -0.410. The molecule has 1 fully saturated rings. The maximum atomic E-state index is 12.1. The highest BCUT2D eigenvalue weighted by atomic mass is 16.6. The molecule has 1 aliphatic heterocycles. The lowest BCUT2D eigenvalue weighted by atomic mass is 9.89. The molecule has 0 bridgehead atoms. The van der Waals surface area contributed by atoms with Crippen molar-refractivity contribution in [3.8, 4) is 0 Å². The molecule has 1 heterocycles. The number of rotatable bonds is 5. The number of ether oxygens (including phenoxy) is 1. The number of carbonyl (C=O) groups is 1. The summed E-state index contributed by atoms with van der Waals surface area (Å²) >= 11 is 0. The summed E-state index contributed by atoms with van der Waals surface area (Å²) in [6.07, 6.45) is 2.04. The van der Waals surface area contributed by atoms with E-state index in [1.165, 1.54) is 0 Å². The lowest BCUT2D eigenvalue weighted by molar-refractivity contribution is 0.0283. The first-order valence-electron chi connectivity index (χ1n) is 7.96. The molecule has 20 heavy (non-hydrogen) atoms. The largest absolute Gasteiger partial charge is 0.444 e. The molecular weight excluding hydrogens is 252 g/mol. The number of carbonyl (C=O) groups excluding carboxylic acids is 1. The molecule has 0 radical (unpaired) electrons. The Kier molecular flexibility index (Phi) is 6.31. The molecule has 1 rings (SSSR count). The Morgan fingerprint density at radius 1 is 1.40 bits per heavy atom. The molecule has 2 atom stereocenters. The van der Waals surface area contributed by atoms with E-state index in [-0.39, 0.29) is 6.09 Å². The number of hydrogen-bond donors (Lipinski definition) is 1. The van der Waals surface area contributed by atoms with Crippen molar-refractivity contribution in [2.45, 2.75) is 66.0 Å². The van der Waals surface area contributed by atoms with Gasteiger partial charge in [0.2, 0.25) is 0 Å². The van der Waals surface area contributed by atoms with Crippen molar-refractivity contribution in [1.82, 2.24) is 10.2 Å². The fraction of sp³-hybridized carbons (Fsp3) is 0.938. The highest BCUT2D eigenvalue weighted by molar-refractivity contribution is 5.68. The van der Waals surface area contributed by atoms with Crippen LogP contribution in [0.4, 0.5) is 4.79 Å². The van der Waals surface area contributed by atoms with Crippen LogP contribution in [-0.4, -0.2) is 42.3 Å². The SMILES string of the molecule is CCCNC(C(C)C)C1CCN(C(=O)OC(C)(C)C)C1. The van der Waals surface area contributed by atoms with Crippen LogP contribution < -0.4 is 5.32 Å². The third-order valence-electron chi connectivity index (χ3n) is 3.73. The van der Waals surface area contributed by atoms with Gasteiger partial charge in [0.05, 0.1) is 0 Å². The molecule has 0 aromatic rings. The number of likely N-dealkylation sites (tertiary alicyclic amines) is 1. The van der Waals surface area contributed by atoms with Crippen LogP contribution >= 0.6 is 0 Å². The van der Waals surface area contributed by atoms with E-state index in [9.17, 15) is 4.79 Å². The first-order valence-corrected chi connectivity index (χ1v) is 7.96. The van der Waals surface area contributed by atoms with Gasteiger partial charge >= 0.3 is 6.09 Å². The summed E-state index contributed by atoms with van der Waals surface area (Å²) in [5, 5.41) is 3.64. The molecule has 4 heteroatoms. The zero-order valence-electron chi connectivity index (χ0n) is 14.0. The van der Waals surface area contributed by atoms with Crippen LogP contribution in [0.15, 0.2) is 0 Å². The molecule has 1 saturated heterocycles. The zero-order chi connectivity index (χ0) is 15.3. The van der Waals surface area contributed by atoms with Crippen LogP contribution in [0.3, 0.4) is 0 Å². The molecule has 2 unspecified atom stereocenters. The Labute approximate surface area is 124 Å². The minimum atomic E-state index is -0.410. The van der Waals surface area contributed by atoms with Crippen LogP contribution in [0.5, 0.6) is 0 Å². The summed E-state index contributed by atoms with van der Waals surface area (Å²) in [6, 6.07) is 0.488. The standard InChI is InChI=1S/C16H32N2O2/c1-7-9-17-14(12(2)3)13-8-10-18(11-13)15(19)20-16(4,5)6/h12-14,17H,7-11H2,1-6H3. The Morgan fingerprint density at radius 2 is 2.05 bits per heavy atom. The maximum Gasteiger partial charge on any atom is 0.410 e. The smallest absolute Gasteiger partial charge is 0.410 e. The Hall–Kier alpha value is -0.770. The molecule has 0 aromatic heterocycles.